The van der Waals surface area contributed by atoms with E-state index in [0.29, 0.717) is 0 Å². The second-order valence-corrected chi connectivity index (χ2v) is 8.78. The monoisotopic (exact) mass is 383 g/mol. The molecule has 1 amide bonds. The molecular weight excluding hydrogens is 361 g/mol. The van der Waals surface area contributed by atoms with E-state index in [9.17, 15) is 23.1 Å². The maximum absolute atomic E-state index is 12.4. The van der Waals surface area contributed by atoms with Gasteiger partial charge in [-0.2, -0.15) is 8.42 Å². The summed E-state index contributed by atoms with van der Waals surface area (Å²) >= 11 is 0. The van der Waals surface area contributed by atoms with Crippen LogP contribution in [0.5, 0.6) is 0 Å². The summed E-state index contributed by atoms with van der Waals surface area (Å²) < 4.78 is 35.1. The van der Waals surface area contributed by atoms with Gasteiger partial charge >= 0.3 is 12.1 Å². The van der Waals surface area contributed by atoms with Crippen LogP contribution >= 0.6 is 0 Å². The van der Waals surface area contributed by atoms with E-state index >= 15 is 0 Å². The molecule has 1 aromatic carbocycles. The van der Waals surface area contributed by atoms with Gasteiger partial charge in [-0.3, -0.25) is 9.08 Å². The molecule has 0 bridgehead atoms. The molecule has 26 heavy (non-hydrogen) atoms. The summed E-state index contributed by atoms with van der Waals surface area (Å²) in [5.41, 5.74) is 0.0967. The lowest BCUT2D eigenvalue weighted by molar-refractivity contribution is -0.142. The van der Waals surface area contributed by atoms with Gasteiger partial charge in [0.05, 0.1) is 17.5 Å². The van der Waals surface area contributed by atoms with Crippen LogP contribution in [-0.4, -0.2) is 62.6 Å². The molecular formula is C16H22BNO7S. The van der Waals surface area contributed by atoms with Crippen LogP contribution in [0.3, 0.4) is 0 Å². The van der Waals surface area contributed by atoms with Crippen LogP contribution in [0.25, 0.3) is 0 Å². The van der Waals surface area contributed by atoms with E-state index in [0.717, 1.165) is 10.4 Å². The third kappa shape index (κ3) is 4.98. The minimum atomic E-state index is -4.07. The smallest absolute Gasteiger partial charge is 0.411 e. The number of ether oxygens (including phenoxy) is 1. The molecule has 1 fully saturated rings. The molecule has 142 valence electrons. The maximum Gasteiger partial charge on any atom is 0.411 e. The van der Waals surface area contributed by atoms with Crippen LogP contribution in [-0.2, 0) is 23.8 Å². The van der Waals surface area contributed by atoms with Crippen LogP contribution in [0.2, 0.25) is 0 Å². The highest BCUT2D eigenvalue weighted by molar-refractivity contribution is 7.86. The van der Waals surface area contributed by atoms with Crippen molar-refractivity contribution in [1.29, 1.82) is 0 Å². The maximum atomic E-state index is 12.4. The Balaban J connectivity index is 2.15. The van der Waals surface area contributed by atoms with Crippen molar-refractivity contribution in [2.45, 2.75) is 49.8 Å². The van der Waals surface area contributed by atoms with E-state index in [4.69, 9.17) is 8.92 Å². The van der Waals surface area contributed by atoms with Gasteiger partial charge in [0.25, 0.3) is 10.1 Å². The van der Waals surface area contributed by atoms with Crippen molar-refractivity contribution in [3.05, 3.63) is 24.3 Å². The first-order chi connectivity index (χ1) is 11.9. The summed E-state index contributed by atoms with van der Waals surface area (Å²) in [4.78, 5) is 24.6. The minimum Gasteiger partial charge on any atom is -0.480 e. The largest absolute Gasteiger partial charge is 0.480 e. The topological polar surface area (TPSA) is 110 Å². The van der Waals surface area contributed by atoms with E-state index in [1.807, 2.05) is 7.85 Å². The summed E-state index contributed by atoms with van der Waals surface area (Å²) in [7, 11) is -2.24. The van der Waals surface area contributed by atoms with Gasteiger partial charge in [-0.05, 0) is 32.9 Å². The molecule has 1 aliphatic rings. The standard InChI is InChI=1S/C16H22BNO7S/c1-16(2,3)24-15(21)18-9-11(8-13(18)14(19)20)25-26(22,23)12-6-4-10(17)5-7-12/h4-7,11,13H,8-9,17H2,1-3H3,(H,19,20)/t11-,13-/m0/s1. The van der Waals surface area contributed by atoms with Crippen molar-refractivity contribution in [1.82, 2.24) is 4.90 Å². The van der Waals surface area contributed by atoms with Crippen LogP contribution in [0.1, 0.15) is 27.2 Å². The van der Waals surface area contributed by atoms with Crippen molar-refractivity contribution in [3.63, 3.8) is 0 Å². The summed E-state index contributed by atoms with van der Waals surface area (Å²) in [6, 6.07) is 4.90. The number of benzene rings is 1. The van der Waals surface area contributed by atoms with Gasteiger partial charge in [-0.1, -0.05) is 17.6 Å². The van der Waals surface area contributed by atoms with Gasteiger partial charge in [0.1, 0.15) is 19.5 Å². The van der Waals surface area contributed by atoms with Gasteiger partial charge in [-0.15, -0.1) is 0 Å². The first-order valence-electron chi connectivity index (χ1n) is 8.11. The fraction of sp³-hybridized carbons (Fsp3) is 0.500. The third-order valence-electron chi connectivity index (χ3n) is 3.75. The van der Waals surface area contributed by atoms with Crippen LogP contribution in [0.15, 0.2) is 29.2 Å². The Morgan fingerprint density at radius 2 is 1.81 bits per heavy atom. The van der Waals surface area contributed by atoms with Crippen LogP contribution in [0, 0.1) is 0 Å². The third-order valence-corrected chi connectivity index (χ3v) is 5.12. The van der Waals surface area contributed by atoms with Crippen molar-refractivity contribution in [2.24, 2.45) is 0 Å². The number of hydrogen-bond donors (Lipinski definition) is 1. The highest BCUT2D eigenvalue weighted by Crippen LogP contribution is 2.26. The normalized spacial score (nSPS) is 20.8. The summed E-state index contributed by atoms with van der Waals surface area (Å²) in [5, 5.41) is 9.34. The highest BCUT2D eigenvalue weighted by atomic mass is 32.2. The van der Waals surface area contributed by atoms with Gasteiger partial charge < -0.3 is 9.84 Å². The molecule has 2 rings (SSSR count). The lowest BCUT2D eigenvalue weighted by Crippen LogP contribution is -2.43. The fourth-order valence-electron chi connectivity index (χ4n) is 2.56. The van der Waals surface area contributed by atoms with Gasteiger partial charge in [-0.25, -0.2) is 9.59 Å². The number of rotatable bonds is 4. The molecule has 10 heteroatoms. The molecule has 1 heterocycles. The quantitative estimate of drug-likeness (QED) is 0.581. The number of nitrogens with zero attached hydrogens (tertiary/aromatic N) is 1. The average molecular weight is 383 g/mol. The molecule has 0 spiro atoms. The number of hydrogen-bond acceptors (Lipinski definition) is 6. The molecule has 1 aromatic rings. The molecule has 1 saturated heterocycles. The molecule has 0 unspecified atom stereocenters. The first-order valence-corrected chi connectivity index (χ1v) is 9.52. The van der Waals surface area contributed by atoms with Gasteiger partial charge in [0, 0.05) is 6.42 Å². The van der Waals surface area contributed by atoms with E-state index in [1.54, 1.807) is 32.9 Å². The Morgan fingerprint density at radius 1 is 1.23 bits per heavy atom. The zero-order valence-corrected chi connectivity index (χ0v) is 15.9. The van der Waals surface area contributed by atoms with Gasteiger partial charge in [0.15, 0.2) is 0 Å². The Kier molecular flexibility index (Phi) is 5.67. The van der Waals surface area contributed by atoms with E-state index < -0.39 is 39.9 Å². The second-order valence-electron chi connectivity index (χ2n) is 7.21. The van der Waals surface area contributed by atoms with Crippen molar-refractivity contribution in [3.8, 4) is 0 Å². The Bertz CT molecular complexity index is 786. The molecule has 1 N–H and O–H groups in total. The molecule has 1 aliphatic heterocycles. The molecule has 0 radical (unpaired) electrons. The first kappa shape index (κ1) is 20.2. The predicted octanol–water partition coefficient (Wildman–Crippen LogP) is 0.113. The lowest BCUT2D eigenvalue weighted by atomic mass is 9.97. The summed E-state index contributed by atoms with van der Waals surface area (Å²) in [6.45, 7) is 4.79. The molecule has 0 aliphatic carbocycles. The van der Waals surface area contributed by atoms with Gasteiger partial charge in [0.2, 0.25) is 0 Å². The molecule has 2 atom stereocenters. The number of carbonyl (C=O) groups excluding carboxylic acids is 1. The molecule has 0 saturated carbocycles. The van der Waals surface area contributed by atoms with E-state index in [1.165, 1.54) is 12.1 Å². The molecule has 0 aromatic heterocycles. The zero-order chi connectivity index (χ0) is 19.7. The highest BCUT2D eigenvalue weighted by Gasteiger charge is 2.43. The number of amides is 1. The fourth-order valence-corrected chi connectivity index (χ4v) is 3.64. The number of likely N-dealkylation sites (tertiary alicyclic amines) is 1. The van der Waals surface area contributed by atoms with E-state index in [-0.39, 0.29) is 17.9 Å². The summed E-state index contributed by atoms with van der Waals surface area (Å²) in [5.74, 6) is -1.24. The van der Waals surface area contributed by atoms with Crippen molar-refractivity contribution in [2.75, 3.05) is 6.54 Å². The minimum absolute atomic E-state index is 0.0225. The Morgan fingerprint density at radius 3 is 2.31 bits per heavy atom. The zero-order valence-electron chi connectivity index (χ0n) is 15.1. The van der Waals surface area contributed by atoms with E-state index in [2.05, 4.69) is 0 Å². The Labute approximate surface area is 153 Å². The SMILES string of the molecule is Bc1ccc(S(=O)(=O)O[C@H]2C[C@@H](C(=O)O)N(C(=O)OC(C)(C)C)C2)cc1. The van der Waals surface area contributed by atoms with Crippen LogP contribution < -0.4 is 5.46 Å². The number of carboxylic acid groups (broad SMARTS) is 1. The average Bonchev–Trinajstić information content (AvgIpc) is 2.89. The van der Waals surface area contributed by atoms with Crippen molar-refractivity contribution >= 4 is 35.5 Å². The molecule has 8 nitrogen and oxygen atoms in total. The number of carboxylic acids is 1. The number of carbonyl (C=O) groups is 2. The summed E-state index contributed by atoms with van der Waals surface area (Å²) in [6.07, 6.45) is -1.92. The lowest BCUT2D eigenvalue weighted by Gasteiger charge is -2.26. The van der Waals surface area contributed by atoms with Crippen LogP contribution in [0.4, 0.5) is 4.79 Å². The Hall–Kier alpha value is -2.07. The second kappa shape index (κ2) is 7.28. The van der Waals surface area contributed by atoms with Crippen molar-refractivity contribution < 1.29 is 32.0 Å². The number of aliphatic carboxylic acids is 1. The predicted molar refractivity (Wildman–Crippen MR) is 95.7 cm³/mol.